The minimum Gasteiger partial charge on any atom is -0.385 e. The van der Waals surface area contributed by atoms with Gasteiger partial charge in [-0.1, -0.05) is 0 Å². The van der Waals surface area contributed by atoms with Crippen LogP contribution in [0.25, 0.3) is 0 Å². The molecule has 4 heterocycles. The highest BCUT2D eigenvalue weighted by Gasteiger charge is 2.32. The van der Waals surface area contributed by atoms with Crippen molar-refractivity contribution in [3.63, 3.8) is 0 Å². The number of hydrogen-bond donors (Lipinski definition) is 1. The maximum atomic E-state index is 5.96. The van der Waals surface area contributed by atoms with Gasteiger partial charge in [0.15, 0.2) is 5.96 Å². The number of fused-ring (bicyclic) bond motifs is 3. The highest BCUT2D eigenvalue weighted by Crippen LogP contribution is 2.16. The van der Waals surface area contributed by atoms with Crippen LogP contribution in [-0.4, -0.2) is 113 Å². The predicted molar refractivity (Wildman–Crippen MR) is 116 cm³/mol. The number of methoxy groups -OCH3 is 1. The minimum atomic E-state index is 0. The number of piperazine rings is 3. The van der Waals surface area contributed by atoms with E-state index in [1.54, 1.807) is 7.11 Å². The van der Waals surface area contributed by atoms with Crippen LogP contribution in [0.5, 0.6) is 0 Å². The fourth-order valence-electron chi connectivity index (χ4n) is 4.15. The van der Waals surface area contributed by atoms with Crippen LogP contribution >= 0.6 is 24.0 Å². The quantitative estimate of drug-likeness (QED) is 0.250. The average molecular weight is 481 g/mol. The second kappa shape index (κ2) is 11.6. The summed E-state index contributed by atoms with van der Waals surface area (Å²) in [4.78, 5) is 12.1. The van der Waals surface area contributed by atoms with E-state index in [-0.39, 0.29) is 24.0 Å². The number of nitrogens with one attached hydrogen (secondary N) is 1. The Balaban J connectivity index is 0.00000243. The van der Waals surface area contributed by atoms with Gasteiger partial charge in [-0.05, 0) is 19.3 Å². The minimum absolute atomic E-state index is 0. The maximum absolute atomic E-state index is 5.96. The zero-order chi connectivity index (χ0) is 17.5. The van der Waals surface area contributed by atoms with Gasteiger partial charge in [-0.3, -0.25) is 14.8 Å². The highest BCUT2D eigenvalue weighted by molar-refractivity contribution is 14.0. The summed E-state index contributed by atoms with van der Waals surface area (Å²) in [6.45, 7) is 10.7. The van der Waals surface area contributed by atoms with E-state index in [0.717, 1.165) is 58.1 Å². The lowest BCUT2D eigenvalue weighted by Crippen LogP contribution is -2.64. The van der Waals surface area contributed by atoms with Crippen LogP contribution in [0, 0.1) is 0 Å². The molecule has 0 aromatic heterocycles. The van der Waals surface area contributed by atoms with E-state index < -0.39 is 0 Å². The van der Waals surface area contributed by atoms with Crippen LogP contribution in [0.3, 0.4) is 0 Å². The van der Waals surface area contributed by atoms with Crippen molar-refractivity contribution in [2.75, 3.05) is 79.7 Å². The van der Waals surface area contributed by atoms with Gasteiger partial charge in [-0.25, -0.2) is 0 Å². The molecule has 1 atom stereocenters. The van der Waals surface area contributed by atoms with Crippen molar-refractivity contribution < 1.29 is 9.47 Å². The van der Waals surface area contributed by atoms with E-state index in [4.69, 9.17) is 9.47 Å². The van der Waals surface area contributed by atoms with E-state index in [1.807, 2.05) is 7.05 Å². The van der Waals surface area contributed by atoms with Gasteiger partial charge >= 0.3 is 0 Å². The molecule has 1 N–H and O–H groups in total. The van der Waals surface area contributed by atoms with Gasteiger partial charge in [0.2, 0.25) is 0 Å². The first-order valence-electron chi connectivity index (χ1n) is 9.82. The number of likely N-dealkylation sites (tertiary alicyclic amines) is 1. The van der Waals surface area contributed by atoms with Crippen molar-refractivity contribution in [2.24, 2.45) is 4.99 Å². The number of piperidine rings is 1. The van der Waals surface area contributed by atoms with E-state index in [2.05, 4.69) is 25.0 Å². The van der Waals surface area contributed by atoms with Crippen molar-refractivity contribution in [3.05, 3.63) is 0 Å². The van der Waals surface area contributed by atoms with Crippen LogP contribution in [0.1, 0.15) is 19.3 Å². The van der Waals surface area contributed by atoms with Crippen molar-refractivity contribution in [3.8, 4) is 0 Å². The Labute approximate surface area is 175 Å². The van der Waals surface area contributed by atoms with Gasteiger partial charge in [0.05, 0.1) is 6.10 Å². The molecule has 0 aliphatic carbocycles. The smallest absolute Gasteiger partial charge is 0.193 e. The maximum Gasteiger partial charge on any atom is 0.193 e. The Morgan fingerprint density at radius 3 is 2.38 bits per heavy atom. The number of rotatable bonds is 7. The number of nitrogens with zero attached hydrogens (tertiary/aromatic N) is 4. The Bertz CT molecular complexity index is 424. The van der Waals surface area contributed by atoms with E-state index >= 15 is 0 Å². The molecule has 4 rings (SSSR count). The Morgan fingerprint density at radius 1 is 1.08 bits per heavy atom. The Hall–Kier alpha value is -0.160. The molecule has 0 spiro atoms. The van der Waals surface area contributed by atoms with Crippen LogP contribution in [0.4, 0.5) is 0 Å². The normalized spacial score (nSPS) is 29.5. The molecule has 0 radical (unpaired) electrons. The molecule has 8 heteroatoms. The van der Waals surface area contributed by atoms with Gasteiger partial charge in [0, 0.05) is 85.8 Å². The summed E-state index contributed by atoms with van der Waals surface area (Å²) in [5, 5.41) is 3.62. The van der Waals surface area contributed by atoms with Gasteiger partial charge in [-0.15, -0.1) is 24.0 Å². The Morgan fingerprint density at radius 2 is 1.81 bits per heavy atom. The number of ether oxygens (including phenoxy) is 2. The summed E-state index contributed by atoms with van der Waals surface area (Å²) in [5.74, 6) is 1.05. The molecular weight excluding hydrogens is 445 g/mol. The summed E-state index contributed by atoms with van der Waals surface area (Å²) in [6.07, 6.45) is 3.53. The first-order chi connectivity index (χ1) is 12.3. The number of aliphatic imine (C=N–C) groups is 1. The van der Waals surface area contributed by atoms with Gasteiger partial charge in [-0.2, -0.15) is 0 Å². The van der Waals surface area contributed by atoms with E-state index in [9.17, 15) is 0 Å². The highest BCUT2D eigenvalue weighted by atomic mass is 127. The molecule has 0 amide bonds. The molecule has 4 fully saturated rings. The average Bonchev–Trinajstić information content (AvgIpc) is 2.68. The predicted octanol–water partition coefficient (Wildman–Crippen LogP) is 0.697. The fraction of sp³-hybridized carbons (Fsp3) is 0.944. The molecule has 0 aromatic rings. The molecule has 0 saturated carbocycles. The summed E-state index contributed by atoms with van der Waals surface area (Å²) in [7, 11) is 3.64. The first-order valence-corrected chi connectivity index (χ1v) is 9.82. The van der Waals surface area contributed by atoms with Gasteiger partial charge in [0.25, 0.3) is 0 Å². The molecule has 4 aliphatic rings. The van der Waals surface area contributed by atoms with Crippen molar-refractivity contribution in [1.82, 2.24) is 20.0 Å². The van der Waals surface area contributed by atoms with E-state index in [1.165, 1.54) is 32.7 Å². The van der Waals surface area contributed by atoms with Crippen LogP contribution in [0.2, 0.25) is 0 Å². The SMILES string of the molecule is CN=C(NCC1CN2CCN1CC2)N1CCC(OCCCOC)CC1.I. The lowest BCUT2D eigenvalue weighted by atomic mass is 10.1. The molecule has 2 bridgehead atoms. The zero-order valence-electron chi connectivity index (χ0n) is 16.4. The second-order valence-corrected chi connectivity index (χ2v) is 7.32. The number of guanidine groups is 1. The zero-order valence-corrected chi connectivity index (χ0v) is 18.7. The van der Waals surface area contributed by atoms with Crippen molar-refractivity contribution >= 4 is 29.9 Å². The van der Waals surface area contributed by atoms with Crippen molar-refractivity contribution in [2.45, 2.75) is 31.4 Å². The largest absolute Gasteiger partial charge is 0.385 e. The summed E-state index contributed by atoms with van der Waals surface area (Å²) < 4.78 is 11.0. The summed E-state index contributed by atoms with van der Waals surface area (Å²) >= 11 is 0. The molecule has 152 valence electrons. The third-order valence-corrected chi connectivity index (χ3v) is 5.69. The number of halogens is 1. The van der Waals surface area contributed by atoms with Crippen LogP contribution in [-0.2, 0) is 9.47 Å². The summed E-state index contributed by atoms with van der Waals surface area (Å²) in [5.41, 5.74) is 0. The lowest BCUT2D eigenvalue weighted by molar-refractivity contribution is 0.00839. The Kier molecular flexibility index (Phi) is 9.90. The lowest BCUT2D eigenvalue weighted by Gasteiger charge is -2.47. The molecular formula is C18H36IN5O2. The first kappa shape index (κ1) is 22.1. The summed E-state index contributed by atoms with van der Waals surface area (Å²) in [6, 6.07) is 0.626. The van der Waals surface area contributed by atoms with Gasteiger partial charge < -0.3 is 19.7 Å². The monoisotopic (exact) mass is 481 g/mol. The molecule has 0 aromatic carbocycles. The van der Waals surface area contributed by atoms with Gasteiger partial charge in [0.1, 0.15) is 0 Å². The topological polar surface area (TPSA) is 52.6 Å². The molecule has 1 unspecified atom stereocenters. The standard InChI is InChI=1S/C18H35N5O2.HI/c1-19-18(20-14-16-15-21-8-10-22(16)11-9-21)23-6-4-17(5-7-23)25-13-3-12-24-2;/h16-17H,3-15H2,1-2H3,(H,19,20);1H. The third kappa shape index (κ3) is 6.19. The molecule has 26 heavy (non-hydrogen) atoms. The fourth-order valence-corrected chi connectivity index (χ4v) is 4.15. The van der Waals surface area contributed by atoms with Crippen LogP contribution < -0.4 is 5.32 Å². The third-order valence-electron chi connectivity index (χ3n) is 5.69. The second-order valence-electron chi connectivity index (χ2n) is 7.32. The number of hydrogen-bond acceptors (Lipinski definition) is 5. The van der Waals surface area contributed by atoms with E-state index in [0.29, 0.717) is 12.1 Å². The van der Waals surface area contributed by atoms with Crippen LogP contribution in [0.15, 0.2) is 4.99 Å². The molecule has 4 aliphatic heterocycles. The molecule has 4 saturated heterocycles. The van der Waals surface area contributed by atoms with Crippen molar-refractivity contribution in [1.29, 1.82) is 0 Å². The molecule has 7 nitrogen and oxygen atoms in total.